The van der Waals surface area contributed by atoms with Crippen LogP contribution in [0.2, 0.25) is 0 Å². The van der Waals surface area contributed by atoms with Crippen molar-refractivity contribution in [3.8, 4) is 0 Å². The lowest BCUT2D eigenvalue weighted by Gasteiger charge is -2.58. The lowest BCUT2D eigenvalue weighted by molar-refractivity contribution is -0.115. The number of hydrazine groups is 3. The van der Waals surface area contributed by atoms with Gasteiger partial charge in [-0.1, -0.05) is 18.2 Å². The third-order valence-electron chi connectivity index (χ3n) is 6.11. The van der Waals surface area contributed by atoms with Crippen molar-refractivity contribution in [2.45, 2.75) is 44.1 Å². The van der Waals surface area contributed by atoms with E-state index in [4.69, 9.17) is 12.2 Å². The van der Waals surface area contributed by atoms with Crippen LogP contribution in [0.3, 0.4) is 0 Å². The van der Waals surface area contributed by atoms with Gasteiger partial charge in [-0.25, -0.2) is 5.01 Å². The molecule has 1 aliphatic heterocycles. The maximum absolute atomic E-state index is 5.57. The zero-order valence-electron chi connectivity index (χ0n) is 12.7. The summed E-state index contributed by atoms with van der Waals surface area (Å²) >= 11 is 5.57. The summed E-state index contributed by atoms with van der Waals surface area (Å²) < 4.78 is 0. The molecule has 0 aromatic heterocycles. The lowest BCUT2D eigenvalue weighted by Crippen LogP contribution is -2.65. The van der Waals surface area contributed by atoms with Crippen molar-refractivity contribution in [1.82, 2.24) is 16.1 Å². The molecular weight excluding hydrogens is 292 g/mol. The molecule has 5 aliphatic rings. The molecule has 4 aliphatic carbocycles. The smallest absolute Gasteiger partial charge is 0.205 e. The minimum atomic E-state index is 0.252. The molecule has 6 rings (SSSR count). The number of para-hydroxylation sites is 1. The van der Waals surface area contributed by atoms with Crippen LogP contribution in [0.1, 0.15) is 38.5 Å². The van der Waals surface area contributed by atoms with E-state index in [2.05, 4.69) is 28.2 Å². The summed E-state index contributed by atoms with van der Waals surface area (Å²) in [6, 6.07) is 10.3. The summed E-state index contributed by atoms with van der Waals surface area (Å²) in [5, 5.41) is 4.99. The topological polar surface area (TPSA) is 30.5 Å². The third-order valence-corrected chi connectivity index (χ3v) is 6.38. The molecule has 4 saturated carbocycles. The van der Waals surface area contributed by atoms with E-state index >= 15 is 0 Å². The predicted molar refractivity (Wildman–Crippen MR) is 90.5 cm³/mol. The number of thiocarbonyl (C=S) groups is 1. The Morgan fingerprint density at radius 1 is 0.955 bits per heavy atom. The molecule has 4 nitrogen and oxygen atoms in total. The second kappa shape index (κ2) is 4.66. The zero-order chi connectivity index (χ0) is 14.7. The first kappa shape index (κ1) is 13.3. The average molecular weight is 314 g/mol. The minimum Gasteiger partial charge on any atom is -0.278 e. The Morgan fingerprint density at radius 2 is 1.55 bits per heavy atom. The van der Waals surface area contributed by atoms with Gasteiger partial charge in [0.15, 0.2) is 0 Å². The molecule has 5 fully saturated rings. The molecule has 0 amide bonds. The molecule has 4 bridgehead atoms. The number of benzene rings is 1. The van der Waals surface area contributed by atoms with Gasteiger partial charge in [0.25, 0.3) is 0 Å². The fourth-order valence-electron chi connectivity index (χ4n) is 5.63. The summed E-state index contributed by atoms with van der Waals surface area (Å²) in [6.45, 7) is 0. The number of nitrogens with zero attached hydrogens (tertiary/aromatic N) is 2. The van der Waals surface area contributed by atoms with Gasteiger partial charge >= 0.3 is 0 Å². The third kappa shape index (κ3) is 1.92. The number of hydrogen-bond donors (Lipinski definition) is 2. The molecule has 1 heterocycles. The van der Waals surface area contributed by atoms with Crippen molar-refractivity contribution < 1.29 is 0 Å². The highest BCUT2D eigenvalue weighted by Crippen LogP contribution is 2.57. The fourth-order valence-corrected chi connectivity index (χ4v) is 5.87. The van der Waals surface area contributed by atoms with Crippen molar-refractivity contribution in [2.75, 3.05) is 5.01 Å². The molecule has 2 N–H and O–H groups in total. The van der Waals surface area contributed by atoms with Crippen LogP contribution in [0.5, 0.6) is 0 Å². The normalized spacial score (nSPS) is 40.3. The Labute approximate surface area is 136 Å². The van der Waals surface area contributed by atoms with E-state index in [1.807, 2.05) is 23.2 Å². The quantitative estimate of drug-likeness (QED) is 0.820. The van der Waals surface area contributed by atoms with Crippen LogP contribution in [-0.2, 0) is 0 Å². The summed E-state index contributed by atoms with van der Waals surface area (Å²) in [7, 11) is 0. The number of nitrogens with one attached hydrogen (secondary N) is 2. The first-order valence-electron chi connectivity index (χ1n) is 8.44. The van der Waals surface area contributed by atoms with E-state index in [0.717, 1.165) is 28.6 Å². The largest absolute Gasteiger partial charge is 0.278 e. The van der Waals surface area contributed by atoms with Gasteiger partial charge < -0.3 is 0 Å². The molecule has 22 heavy (non-hydrogen) atoms. The van der Waals surface area contributed by atoms with E-state index in [-0.39, 0.29) is 5.54 Å². The Hall–Kier alpha value is -1.17. The summed E-state index contributed by atoms with van der Waals surface area (Å²) in [5.74, 6) is 2.78. The molecule has 1 aromatic carbocycles. The van der Waals surface area contributed by atoms with Gasteiger partial charge in [-0.2, -0.15) is 0 Å². The first-order valence-corrected chi connectivity index (χ1v) is 8.85. The molecule has 5 heteroatoms. The molecule has 1 saturated heterocycles. The van der Waals surface area contributed by atoms with Crippen LogP contribution in [0.25, 0.3) is 0 Å². The summed E-state index contributed by atoms with van der Waals surface area (Å²) in [4.78, 5) is 0. The van der Waals surface area contributed by atoms with Crippen LogP contribution in [0, 0.1) is 17.8 Å². The van der Waals surface area contributed by atoms with Crippen molar-refractivity contribution in [3.63, 3.8) is 0 Å². The Morgan fingerprint density at radius 3 is 2.14 bits per heavy atom. The second-order valence-corrected chi connectivity index (χ2v) is 8.05. The highest BCUT2D eigenvalue weighted by molar-refractivity contribution is 7.80. The molecule has 0 radical (unpaired) electrons. The standard InChI is InChI=1S/C17H22N4S/c22-16-18-21(19-20(16)15-4-2-1-3-5-15)17-9-12-6-13(10-17)8-14(7-12)11-17/h1-5,12-14,19H,6-11H2,(H,18,22). The van der Waals surface area contributed by atoms with Gasteiger partial charge in [-0.15, -0.1) is 10.7 Å². The van der Waals surface area contributed by atoms with Gasteiger partial charge in [-0.05, 0) is 80.6 Å². The van der Waals surface area contributed by atoms with Gasteiger partial charge in [0.1, 0.15) is 0 Å². The van der Waals surface area contributed by atoms with Crippen LogP contribution in [0.15, 0.2) is 30.3 Å². The SMILES string of the molecule is S=C1NN(C23CC4CC(CC(C4)C2)C3)NN1c1ccccc1. The summed E-state index contributed by atoms with van der Waals surface area (Å²) in [6.07, 6.45) is 8.30. The Balaban J connectivity index is 1.42. The van der Waals surface area contributed by atoms with Crippen molar-refractivity contribution in [1.29, 1.82) is 0 Å². The maximum Gasteiger partial charge on any atom is 0.205 e. The van der Waals surface area contributed by atoms with Gasteiger partial charge in [-0.3, -0.25) is 5.43 Å². The van der Waals surface area contributed by atoms with Crippen LogP contribution >= 0.6 is 12.2 Å². The number of hydrogen-bond acceptors (Lipinski definition) is 3. The highest BCUT2D eigenvalue weighted by atomic mass is 32.1. The van der Waals surface area contributed by atoms with E-state index < -0.39 is 0 Å². The maximum atomic E-state index is 5.57. The van der Waals surface area contributed by atoms with E-state index in [1.54, 1.807) is 0 Å². The van der Waals surface area contributed by atoms with Crippen LogP contribution in [-0.4, -0.2) is 15.8 Å². The zero-order valence-corrected chi connectivity index (χ0v) is 13.5. The van der Waals surface area contributed by atoms with Gasteiger partial charge in [0.05, 0.1) is 11.2 Å². The Bertz CT molecular complexity index is 567. The molecule has 0 atom stereocenters. The number of rotatable bonds is 2. The van der Waals surface area contributed by atoms with Crippen LogP contribution in [0.4, 0.5) is 5.69 Å². The molecule has 0 spiro atoms. The lowest BCUT2D eigenvalue weighted by atomic mass is 9.53. The average Bonchev–Trinajstić information content (AvgIpc) is 2.90. The molecule has 1 aromatic rings. The first-order chi connectivity index (χ1) is 10.7. The van der Waals surface area contributed by atoms with Gasteiger partial charge in [0, 0.05) is 0 Å². The van der Waals surface area contributed by atoms with Gasteiger partial charge in [0.2, 0.25) is 5.11 Å². The highest BCUT2D eigenvalue weighted by Gasteiger charge is 2.55. The fraction of sp³-hybridized carbons (Fsp3) is 0.588. The predicted octanol–water partition coefficient (Wildman–Crippen LogP) is 2.99. The monoisotopic (exact) mass is 314 g/mol. The molecule has 116 valence electrons. The van der Waals surface area contributed by atoms with E-state index in [9.17, 15) is 0 Å². The van der Waals surface area contributed by atoms with Crippen molar-refractivity contribution >= 4 is 23.0 Å². The summed E-state index contributed by atoms with van der Waals surface area (Å²) in [5.41, 5.74) is 8.31. The van der Waals surface area contributed by atoms with Crippen molar-refractivity contribution in [3.05, 3.63) is 30.3 Å². The molecular formula is C17H22N4S. The van der Waals surface area contributed by atoms with Crippen LogP contribution < -0.4 is 16.0 Å². The minimum absolute atomic E-state index is 0.252. The second-order valence-electron chi connectivity index (χ2n) is 7.67. The van der Waals surface area contributed by atoms with Crippen molar-refractivity contribution in [2.24, 2.45) is 17.8 Å². The Kier molecular flexibility index (Phi) is 2.82. The van der Waals surface area contributed by atoms with E-state index in [0.29, 0.717) is 0 Å². The van der Waals surface area contributed by atoms with E-state index in [1.165, 1.54) is 38.5 Å². The molecule has 0 unspecified atom stereocenters. The number of anilines is 1.